The van der Waals surface area contributed by atoms with Crippen molar-refractivity contribution in [1.29, 1.82) is 0 Å². The summed E-state index contributed by atoms with van der Waals surface area (Å²) in [6, 6.07) is 18.0. The van der Waals surface area contributed by atoms with Crippen molar-refractivity contribution in [2.24, 2.45) is 0 Å². The molecule has 2 aromatic carbocycles. The Bertz CT molecular complexity index is 1240. The van der Waals surface area contributed by atoms with Crippen LogP contribution in [0.3, 0.4) is 0 Å². The number of benzene rings is 2. The first kappa shape index (κ1) is 22.5. The summed E-state index contributed by atoms with van der Waals surface area (Å²) in [6.45, 7) is 7.52. The number of hydrogen-bond acceptors (Lipinski definition) is 5. The SMILES string of the molecule is Cc1ccc(F)c(CC(N[S+]([O-])C(C)(C)C)c2ccccc2-c2noc3ccccc23)n1. The van der Waals surface area contributed by atoms with Gasteiger partial charge in [0.05, 0.1) is 11.7 Å². The molecule has 2 unspecified atom stereocenters. The molecule has 2 heterocycles. The van der Waals surface area contributed by atoms with E-state index < -0.39 is 22.2 Å². The van der Waals surface area contributed by atoms with E-state index in [0.29, 0.717) is 17.0 Å². The number of hydrogen-bond donors (Lipinski definition) is 1. The van der Waals surface area contributed by atoms with E-state index in [1.807, 2.05) is 76.2 Å². The summed E-state index contributed by atoms with van der Waals surface area (Å²) in [5, 5.41) is 5.19. The molecule has 0 saturated carbocycles. The van der Waals surface area contributed by atoms with E-state index in [-0.39, 0.29) is 12.2 Å². The molecule has 4 rings (SSSR count). The zero-order valence-corrected chi connectivity index (χ0v) is 19.4. The minimum atomic E-state index is -1.38. The number of nitrogens with one attached hydrogen (secondary N) is 1. The smallest absolute Gasteiger partial charge is 0.167 e. The molecule has 0 amide bonds. The predicted molar refractivity (Wildman–Crippen MR) is 126 cm³/mol. The fourth-order valence-corrected chi connectivity index (χ4v) is 4.37. The molecule has 1 N–H and O–H groups in total. The number of aromatic nitrogens is 2. The maximum absolute atomic E-state index is 14.6. The molecule has 0 spiro atoms. The Kier molecular flexibility index (Phi) is 6.33. The maximum atomic E-state index is 14.6. The van der Waals surface area contributed by atoms with Gasteiger partial charge in [-0.2, -0.15) is 0 Å². The number of fused-ring (bicyclic) bond motifs is 1. The maximum Gasteiger partial charge on any atom is 0.167 e. The summed E-state index contributed by atoms with van der Waals surface area (Å²) < 4.78 is 35.9. The largest absolute Gasteiger partial charge is 0.598 e. The van der Waals surface area contributed by atoms with E-state index in [0.717, 1.165) is 22.2 Å². The normalized spacial score (nSPS) is 13.9. The molecule has 0 radical (unpaired) electrons. The number of aryl methyl sites for hydroxylation is 1. The van der Waals surface area contributed by atoms with Gasteiger partial charge in [-0.05, 0) is 57.5 Å². The lowest BCUT2D eigenvalue weighted by atomic mass is 9.94. The van der Waals surface area contributed by atoms with E-state index in [9.17, 15) is 8.94 Å². The summed E-state index contributed by atoms with van der Waals surface area (Å²) in [7, 11) is 0. The molecule has 32 heavy (non-hydrogen) atoms. The molecular weight excluding hydrogens is 425 g/mol. The Hall–Kier alpha value is -2.74. The highest BCUT2D eigenvalue weighted by Gasteiger charge is 2.32. The molecule has 0 bridgehead atoms. The van der Waals surface area contributed by atoms with Crippen molar-refractivity contribution in [3.63, 3.8) is 0 Å². The van der Waals surface area contributed by atoms with E-state index in [2.05, 4.69) is 14.9 Å². The van der Waals surface area contributed by atoms with Crippen molar-refractivity contribution in [2.75, 3.05) is 0 Å². The van der Waals surface area contributed by atoms with E-state index >= 15 is 0 Å². The predicted octanol–water partition coefficient (Wildman–Crippen LogP) is 5.67. The Balaban J connectivity index is 1.82. The van der Waals surface area contributed by atoms with Gasteiger partial charge in [0.2, 0.25) is 0 Å². The van der Waals surface area contributed by atoms with Crippen LogP contribution in [0.2, 0.25) is 0 Å². The van der Waals surface area contributed by atoms with Gasteiger partial charge in [-0.1, -0.05) is 41.6 Å². The zero-order chi connectivity index (χ0) is 22.9. The van der Waals surface area contributed by atoms with Gasteiger partial charge in [0.25, 0.3) is 0 Å². The van der Waals surface area contributed by atoms with Crippen molar-refractivity contribution in [3.05, 3.63) is 83.4 Å². The minimum Gasteiger partial charge on any atom is -0.598 e. The van der Waals surface area contributed by atoms with Crippen LogP contribution in [-0.4, -0.2) is 19.4 Å². The molecule has 0 aliphatic carbocycles. The molecule has 0 saturated heterocycles. The standard InChI is InChI=1S/C25H26FN3O2S/c1-16-13-14-20(26)22(27-16)15-21(29-32(30)25(2,3)4)17-9-5-6-10-18(17)24-19-11-7-8-12-23(19)31-28-24/h5-14,21,29H,15H2,1-4H3. The average Bonchev–Trinajstić information content (AvgIpc) is 3.19. The zero-order valence-electron chi connectivity index (χ0n) is 18.6. The van der Waals surface area contributed by atoms with Crippen LogP contribution in [0.5, 0.6) is 0 Å². The molecule has 7 heteroatoms. The van der Waals surface area contributed by atoms with Crippen LogP contribution >= 0.6 is 0 Å². The van der Waals surface area contributed by atoms with Gasteiger partial charge in [0, 0.05) is 34.4 Å². The highest BCUT2D eigenvalue weighted by molar-refractivity contribution is 7.90. The molecule has 2 atom stereocenters. The molecule has 0 fully saturated rings. The Morgan fingerprint density at radius 2 is 1.78 bits per heavy atom. The van der Waals surface area contributed by atoms with Crippen molar-refractivity contribution < 1.29 is 13.5 Å². The van der Waals surface area contributed by atoms with Gasteiger partial charge in [-0.15, -0.1) is 4.72 Å². The number of pyridine rings is 1. The lowest BCUT2D eigenvalue weighted by Crippen LogP contribution is -2.42. The first-order valence-electron chi connectivity index (χ1n) is 10.5. The van der Waals surface area contributed by atoms with Gasteiger partial charge in [-0.25, -0.2) is 4.39 Å². The molecule has 0 aliphatic rings. The molecule has 0 aliphatic heterocycles. The molecule has 2 aromatic heterocycles. The quantitative estimate of drug-likeness (QED) is 0.382. The summed E-state index contributed by atoms with van der Waals surface area (Å²) in [5.41, 5.74) is 4.13. The van der Waals surface area contributed by atoms with Crippen LogP contribution in [0.25, 0.3) is 22.2 Å². The third-order valence-corrected chi connectivity index (χ3v) is 6.84. The molecule has 5 nitrogen and oxygen atoms in total. The fourth-order valence-electron chi connectivity index (χ4n) is 3.55. The van der Waals surface area contributed by atoms with Crippen molar-refractivity contribution in [3.8, 4) is 11.3 Å². The topological polar surface area (TPSA) is 74.0 Å². The monoisotopic (exact) mass is 451 g/mol. The van der Waals surface area contributed by atoms with Crippen LogP contribution in [0.4, 0.5) is 4.39 Å². The average molecular weight is 452 g/mol. The van der Waals surface area contributed by atoms with Gasteiger partial charge < -0.3 is 9.08 Å². The molecule has 4 aromatic rings. The third kappa shape index (κ3) is 4.70. The Morgan fingerprint density at radius 3 is 2.56 bits per heavy atom. The van der Waals surface area contributed by atoms with E-state index in [1.165, 1.54) is 6.07 Å². The second-order valence-electron chi connectivity index (χ2n) is 8.75. The molecule has 166 valence electrons. The Labute approximate surface area is 190 Å². The fraction of sp³-hybridized carbons (Fsp3) is 0.280. The first-order valence-corrected chi connectivity index (χ1v) is 11.6. The number of halogens is 1. The van der Waals surface area contributed by atoms with Crippen LogP contribution < -0.4 is 4.72 Å². The Morgan fingerprint density at radius 1 is 1.06 bits per heavy atom. The van der Waals surface area contributed by atoms with Crippen molar-refractivity contribution >= 4 is 22.3 Å². The molecular formula is C25H26FN3O2S. The van der Waals surface area contributed by atoms with Gasteiger partial charge in [0.1, 0.15) is 16.3 Å². The van der Waals surface area contributed by atoms with Crippen LogP contribution in [0.1, 0.15) is 43.8 Å². The summed E-state index contributed by atoms with van der Waals surface area (Å²) in [4.78, 5) is 4.40. The highest BCUT2D eigenvalue weighted by Crippen LogP contribution is 2.35. The second-order valence-corrected chi connectivity index (χ2v) is 10.7. The number of rotatable bonds is 6. The van der Waals surface area contributed by atoms with Crippen LogP contribution in [-0.2, 0) is 17.8 Å². The van der Waals surface area contributed by atoms with Crippen molar-refractivity contribution in [1.82, 2.24) is 14.9 Å². The second kappa shape index (κ2) is 9.02. The third-order valence-electron chi connectivity index (χ3n) is 5.23. The van der Waals surface area contributed by atoms with E-state index in [1.54, 1.807) is 6.07 Å². The number of nitrogens with zero attached hydrogens (tertiary/aromatic N) is 2. The minimum absolute atomic E-state index is 0.238. The highest BCUT2D eigenvalue weighted by atomic mass is 32.2. The number of para-hydroxylation sites is 1. The lowest BCUT2D eigenvalue weighted by Gasteiger charge is -2.29. The summed E-state index contributed by atoms with van der Waals surface area (Å²) in [5.74, 6) is -0.381. The van der Waals surface area contributed by atoms with E-state index in [4.69, 9.17) is 4.52 Å². The van der Waals surface area contributed by atoms with Crippen molar-refractivity contribution in [2.45, 2.75) is 44.9 Å². The van der Waals surface area contributed by atoms with Gasteiger partial charge >= 0.3 is 0 Å². The lowest BCUT2D eigenvalue weighted by molar-refractivity contribution is 0.459. The van der Waals surface area contributed by atoms with Crippen LogP contribution in [0, 0.1) is 12.7 Å². The summed E-state index contributed by atoms with van der Waals surface area (Å²) >= 11 is -1.38. The van der Waals surface area contributed by atoms with Gasteiger partial charge in [0.15, 0.2) is 5.58 Å². The van der Waals surface area contributed by atoms with Crippen LogP contribution in [0.15, 0.2) is 65.2 Å². The van der Waals surface area contributed by atoms with Gasteiger partial charge in [-0.3, -0.25) is 4.98 Å². The first-order chi connectivity index (χ1) is 15.2. The summed E-state index contributed by atoms with van der Waals surface area (Å²) in [6.07, 6.45) is 0.238.